The van der Waals surface area contributed by atoms with Crippen LogP contribution in [-0.4, -0.2) is 4.98 Å². The molecule has 0 radical (unpaired) electrons. The van der Waals surface area contributed by atoms with E-state index in [1.807, 2.05) is 11.3 Å². The summed E-state index contributed by atoms with van der Waals surface area (Å²) >= 11 is 1.86. The molecule has 0 saturated carbocycles. The Kier molecular flexibility index (Phi) is 5.44. The van der Waals surface area contributed by atoms with Gasteiger partial charge in [-0.25, -0.2) is 4.98 Å². The Bertz CT molecular complexity index is 2500. The van der Waals surface area contributed by atoms with Crippen LogP contribution in [0, 0.1) is 0 Å². The summed E-state index contributed by atoms with van der Waals surface area (Å²) < 4.78 is 2.61. The topological polar surface area (TPSA) is 12.9 Å². The lowest BCUT2D eigenvalue weighted by atomic mass is 9.95. The van der Waals surface area contributed by atoms with Crippen LogP contribution in [-0.2, 0) is 0 Å². The minimum absolute atomic E-state index is 1.04. The Morgan fingerprint density at radius 2 is 0.907 bits per heavy atom. The normalized spacial score (nSPS) is 11.7. The van der Waals surface area contributed by atoms with Crippen LogP contribution < -0.4 is 0 Å². The highest BCUT2D eigenvalue weighted by atomic mass is 32.1. The first-order chi connectivity index (χ1) is 21.3. The Balaban J connectivity index is 1.10. The first kappa shape index (κ1) is 24.3. The van der Waals surface area contributed by atoms with Crippen LogP contribution in [0.2, 0.25) is 0 Å². The van der Waals surface area contributed by atoms with Crippen molar-refractivity contribution >= 4 is 64.0 Å². The fraction of sp³-hybridized carbons (Fsp3) is 0. The molecule has 2 aromatic heterocycles. The van der Waals surface area contributed by atoms with Gasteiger partial charge in [0.05, 0.1) is 11.2 Å². The molecule has 7 aromatic carbocycles. The van der Waals surface area contributed by atoms with Crippen molar-refractivity contribution in [1.29, 1.82) is 0 Å². The van der Waals surface area contributed by atoms with Gasteiger partial charge in [0.1, 0.15) is 0 Å². The first-order valence-corrected chi connectivity index (χ1v) is 15.4. The molecule has 200 valence electrons. The molecule has 9 rings (SSSR count). The maximum atomic E-state index is 5.20. The molecule has 2 heteroatoms. The van der Waals surface area contributed by atoms with Crippen molar-refractivity contribution in [2.75, 3.05) is 0 Å². The van der Waals surface area contributed by atoms with E-state index < -0.39 is 0 Å². The molecule has 0 bridgehead atoms. The average Bonchev–Trinajstić information content (AvgIpc) is 3.47. The maximum Gasteiger partial charge on any atom is 0.0802 e. The lowest BCUT2D eigenvalue weighted by Gasteiger charge is -2.10. The molecule has 0 unspecified atom stereocenters. The number of rotatable bonds is 3. The van der Waals surface area contributed by atoms with Gasteiger partial charge in [-0.1, -0.05) is 121 Å². The van der Waals surface area contributed by atoms with Gasteiger partial charge in [0.25, 0.3) is 0 Å². The molecular weight excluding hydrogens is 539 g/mol. The SMILES string of the molecule is c1ccc2cc(-c3ccc4cc(-c5ccc(-c6nc7ccccc7c7sc8ccccc8c67)cc5)ccc4c3)ccc2c1. The number of aromatic nitrogens is 1. The predicted molar refractivity (Wildman–Crippen MR) is 186 cm³/mol. The number of para-hydroxylation sites is 1. The highest BCUT2D eigenvalue weighted by molar-refractivity contribution is 7.26. The zero-order valence-electron chi connectivity index (χ0n) is 23.3. The summed E-state index contributed by atoms with van der Waals surface area (Å²) in [5, 5.41) is 8.78. The van der Waals surface area contributed by atoms with Gasteiger partial charge in [-0.2, -0.15) is 0 Å². The fourth-order valence-electron chi connectivity index (χ4n) is 6.41. The van der Waals surface area contributed by atoms with Crippen LogP contribution in [0.3, 0.4) is 0 Å². The summed E-state index contributed by atoms with van der Waals surface area (Å²) in [6.45, 7) is 0. The minimum Gasteiger partial charge on any atom is -0.247 e. The van der Waals surface area contributed by atoms with Crippen molar-refractivity contribution in [3.63, 3.8) is 0 Å². The maximum absolute atomic E-state index is 5.20. The summed E-state index contributed by atoms with van der Waals surface area (Å²) in [7, 11) is 0. The first-order valence-electron chi connectivity index (χ1n) is 14.6. The van der Waals surface area contributed by atoms with Crippen LogP contribution in [0.15, 0.2) is 152 Å². The van der Waals surface area contributed by atoms with Gasteiger partial charge in [0.2, 0.25) is 0 Å². The van der Waals surface area contributed by atoms with E-state index in [4.69, 9.17) is 4.98 Å². The molecule has 0 aliphatic heterocycles. The van der Waals surface area contributed by atoms with Crippen molar-refractivity contribution < 1.29 is 0 Å². The second kappa shape index (κ2) is 9.62. The molecule has 0 amide bonds. The quantitative estimate of drug-likeness (QED) is 0.208. The van der Waals surface area contributed by atoms with Gasteiger partial charge in [-0.15, -0.1) is 11.3 Å². The van der Waals surface area contributed by atoms with E-state index in [-0.39, 0.29) is 0 Å². The van der Waals surface area contributed by atoms with E-state index >= 15 is 0 Å². The molecule has 0 fully saturated rings. The third-order valence-electron chi connectivity index (χ3n) is 8.63. The summed E-state index contributed by atoms with van der Waals surface area (Å²) in [4.78, 5) is 5.20. The molecule has 43 heavy (non-hydrogen) atoms. The van der Waals surface area contributed by atoms with Crippen molar-refractivity contribution in [1.82, 2.24) is 4.98 Å². The summed E-state index contributed by atoms with van der Waals surface area (Å²) in [5.74, 6) is 0. The lowest BCUT2D eigenvalue weighted by Crippen LogP contribution is -1.88. The second-order valence-electron chi connectivity index (χ2n) is 11.2. The van der Waals surface area contributed by atoms with Crippen LogP contribution in [0.4, 0.5) is 0 Å². The van der Waals surface area contributed by atoms with E-state index in [1.165, 1.54) is 69.4 Å². The smallest absolute Gasteiger partial charge is 0.0802 e. The number of nitrogens with zero attached hydrogens (tertiary/aromatic N) is 1. The molecule has 0 saturated heterocycles. The number of benzene rings is 7. The molecule has 0 spiro atoms. The van der Waals surface area contributed by atoms with Gasteiger partial charge in [-0.05, 0) is 74.1 Å². The van der Waals surface area contributed by atoms with E-state index in [2.05, 4.69) is 152 Å². The molecular formula is C41H25NS. The number of hydrogen-bond donors (Lipinski definition) is 0. The van der Waals surface area contributed by atoms with Crippen molar-refractivity contribution in [3.05, 3.63) is 152 Å². The molecule has 0 atom stereocenters. The van der Waals surface area contributed by atoms with E-state index in [1.54, 1.807) is 0 Å². The zero-order valence-corrected chi connectivity index (χ0v) is 24.1. The minimum atomic E-state index is 1.04. The molecule has 2 heterocycles. The monoisotopic (exact) mass is 563 g/mol. The van der Waals surface area contributed by atoms with Crippen LogP contribution in [0.5, 0.6) is 0 Å². The average molecular weight is 564 g/mol. The number of fused-ring (bicyclic) bond motifs is 7. The standard InChI is InChI=1S/C41H25NS/c1-2-8-29-23-31(18-15-26(29)7-1)34-22-21-32-24-30(19-20-33(32)25-34)27-13-16-28(17-14-27)40-39-36-10-4-6-12-38(36)43-41(39)35-9-3-5-11-37(35)42-40/h1-25H. The number of hydrogen-bond acceptors (Lipinski definition) is 2. The van der Waals surface area contributed by atoms with Gasteiger partial charge in [0.15, 0.2) is 0 Å². The van der Waals surface area contributed by atoms with E-state index in [0.29, 0.717) is 0 Å². The Morgan fingerprint density at radius 1 is 0.395 bits per heavy atom. The Labute approximate surface area is 253 Å². The van der Waals surface area contributed by atoms with Gasteiger partial charge in [-0.3, -0.25) is 0 Å². The van der Waals surface area contributed by atoms with E-state index in [0.717, 1.165) is 16.8 Å². The molecule has 0 aliphatic rings. The third-order valence-corrected chi connectivity index (χ3v) is 9.83. The number of thiophene rings is 1. The zero-order chi connectivity index (χ0) is 28.3. The molecule has 1 nitrogen and oxygen atoms in total. The Morgan fingerprint density at radius 3 is 1.65 bits per heavy atom. The van der Waals surface area contributed by atoms with Crippen molar-refractivity contribution in [3.8, 4) is 33.5 Å². The Hall–Kier alpha value is -5.31. The van der Waals surface area contributed by atoms with Gasteiger partial charge >= 0.3 is 0 Å². The largest absolute Gasteiger partial charge is 0.247 e. The van der Waals surface area contributed by atoms with E-state index in [9.17, 15) is 0 Å². The highest BCUT2D eigenvalue weighted by Crippen LogP contribution is 2.43. The van der Waals surface area contributed by atoms with Crippen molar-refractivity contribution in [2.45, 2.75) is 0 Å². The molecule has 0 N–H and O–H groups in total. The summed E-state index contributed by atoms with van der Waals surface area (Å²) in [6.07, 6.45) is 0. The van der Waals surface area contributed by atoms with Crippen LogP contribution >= 0.6 is 11.3 Å². The van der Waals surface area contributed by atoms with Crippen LogP contribution in [0.1, 0.15) is 0 Å². The molecule has 0 aliphatic carbocycles. The fourth-order valence-corrected chi connectivity index (χ4v) is 7.65. The summed E-state index contributed by atoms with van der Waals surface area (Å²) in [5.41, 5.74) is 8.15. The summed E-state index contributed by atoms with van der Waals surface area (Å²) in [6, 6.07) is 54.9. The number of pyridine rings is 1. The predicted octanol–water partition coefficient (Wildman–Crippen LogP) is 11.9. The van der Waals surface area contributed by atoms with Gasteiger partial charge in [0, 0.05) is 31.1 Å². The van der Waals surface area contributed by atoms with Crippen molar-refractivity contribution in [2.24, 2.45) is 0 Å². The molecule has 9 aromatic rings. The highest BCUT2D eigenvalue weighted by Gasteiger charge is 2.16. The lowest BCUT2D eigenvalue weighted by molar-refractivity contribution is 1.43. The van der Waals surface area contributed by atoms with Crippen LogP contribution in [0.25, 0.3) is 86.1 Å². The second-order valence-corrected chi connectivity index (χ2v) is 12.2. The van der Waals surface area contributed by atoms with Gasteiger partial charge < -0.3 is 0 Å². The third kappa shape index (κ3) is 4.03.